The molecule has 3 heterocycles. The lowest BCUT2D eigenvalue weighted by molar-refractivity contribution is -0.123. The number of fused-ring (bicyclic) bond motifs is 2. The minimum atomic E-state index is -4.39. The number of hydrogen-bond acceptors (Lipinski definition) is 7. The van der Waals surface area contributed by atoms with Gasteiger partial charge in [-0.3, -0.25) is 9.52 Å². The van der Waals surface area contributed by atoms with Crippen molar-refractivity contribution in [1.29, 1.82) is 0 Å². The van der Waals surface area contributed by atoms with E-state index in [1.54, 1.807) is 42.0 Å². The minimum absolute atomic E-state index is 0.0192. The number of aromatic nitrogens is 1. The van der Waals surface area contributed by atoms with E-state index in [9.17, 15) is 31.1 Å². The molecular formula is C24H21FN4O6S2. The number of Topliss-reactive ketones (excluding diaryl/α,β-unsaturated/α-hetero) is 1. The van der Waals surface area contributed by atoms with Gasteiger partial charge in [0.2, 0.25) is 10.0 Å². The highest BCUT2D eigenvalue weighted by molar-refractivity contribution is 7.92. The minimum Gasteiger partial charge on any atom is -0.505 e. The lowest BCUT2D eigenvalue weighted by Gasteiger charge is -2.37. The predicted molar refractivity (Wildman–Crippen MR) is 136 cm³/mol. The first-order chi connectivity index (χ1) is 17.3. The molecule has 0 amide bonds. The summed E-state index contributed by atoms with van der Waals surface area (Å²) in [6.45, 7) is 1.64. The number of carbonyl (C=O) groups is 1. The fraction of sp³-hybridized carbons (Fsp3) is 0.167. The van der Waals surface area contributed by atoms with Gasteiger partial charge < -0.3 is 15.0 Å². The first kappa shape index (κ1) is 24.7. The molecule has 2 aliphatic heterocycles. The Morgan fingerprint density at radius 2 is 1.86 bits per heavy atom. The second-order valence-electron chi connectivity index (χ2n) is 9.02. The van der Waals surface area contributed by atoms with Crippen molar-refractivity contribution in [2.45, 2.75) is 23.8 Å². The summed E-state index contributed by atoms with van der Waals surface area (Å²) in [7, 11) is -8.04. The molecule has 1 atom stereocenters. The van der Waals surface area contributed by atoms with Crippen LogP contribution in [0, 0.1) is 5.82 Å². The zero-order valence-corrected chi connectivity index (χ0v) is 21.2. The van der Waals surface area contributed by atoms with Crippen molar-refractivity contribution in [3.05, 3.63) is 83.4 Å². The van der Waals surface area contributed by atoms with E-state index in [2.05, 4.69) is 14.4 Å². The number of nitrogens with one attached hydrogen (secondary N) is 2. The van der Waals surface area contributed by atoms with Crippen LogP contribution in [-0.2, 0) is 36.8 Å². The standard InChI is InChI=1S/C24H21FN4O6S2/c1-24(13-14-5-7-15(25)8-6-14)22(31)20(21(30)18-4-3-11-29(18)24)23-26-17-10-9-16(27-36(2,32)33)12-19(17)37(34,35)28-23/h3-12,27,30H,13H2,1-2H3,(H,26,28)/t24-/m0/s1. The van der Waals surface area contributed by atoms with Gasteiger partial charge in [0.25, 0.3) is 10.0 Å². The zero-order chi connectivity index (χ0) is 26.8. The number of benzene rings is 2. The highest BCUT2D eigenvalue weighted by Crippen LogP contribution is 2.39. The number of aliphatic hydroxyl groups is 1. The number of carbonyl (C=O) groups excluding carboxylic acids is 1. The molecule has 5 rings (SSSR count). The summed E-state index contributed by atoms with van der Waals surface area (Å²) < 4.78 is 70.3. The average molecular weight is 545 g/mol. The lowest BCUT2D eigenvalue weighted by Crippen LogP contribution is -2.48. The predicted octanol–water partition coefficient (Wildman–Crippen LogP) is 3.02. The maximum atomic E-state index is 13.9. The first-order valence-corrected chi connectivity index (χ1v) is 14.3. The Morgan fingerprint density at radius 1 is 1.16 bits per heavy atom. The van der Waals surface area contributed by atoms with Gasteiger partial charge in [-0.1, -0.05) is 12.1 Å². The third kappa shape index (κ3) is 4.29. The van der Waals surface area contributed by atoms with Crippen LogP contribution in [0.3, 0.4) is 0 Å². The molecule has 0 fully saturated rings. The summed E-state index contributed by atoms with van der Waals surface area (Å²) in [5.41, 5.74) is -0.609. The number of hydrogen-bond donors (Lipinski definition) is 3. The molecule has 0 radical (unpaired) electrons. The van der Waals surface area contributed by atoms with Crippen molar-refractivity contribution < 1.29 is 31.1 Å². The van der Waals surface area contributed by atoms with E-state index in [4.69, 9.17) is 0 Å². The molecule has 0 spiro atoms. The fourth-order valence-corrected chi connectivity index (χ4v) is 6.25. The fourth-order valence-electron chi connectivity index (χ4n) is 4.55. The van der Waals surface area contributed by atoms with Gasteiger partial charge in [0, 0.05) is 18.3 Å². The van der Waals surface area contributed by atoms with Crippen molar-refractivity contribution in [1.82, 2.24) is 4.57 Å². The molecule has 1 aromatic heterocycles. The number of aliphatic hydroxyl groups excluding tert-OH is 1. The topological polar surface area (TPSA) is 147 Å². The number of anilines is 2. The molecule has 0 bridgehead atoms. The molecule has 0 aliphatic carbocycles. The summed E-state index contributed by atoms with van der Waals surface area (Å²) in [4.78, 5) is 13.6. The average Bonchev–Trinajstić information content (AvgIpc) is 3.30. The molecule has 37 heavy (non-hydrogen) atoms. The lowest BCUT2D eigenvalue weighted by atomic mass is 9.81. The summed E-state index contributed by atoms with van der Waals surface area (Å²) in [5, 5.41) is 13.9. The molecule has 192 valence electrons. The van der Waals surface area contributed by atoms with Crippen LogP contribution in [0.4, 0.5) is 15.8 Å². The van der Waals surface area contributed by atoms with Crippen molar-refractivity contribution in [2.24, 2.45) is 4.40 Å². The van der Waals surface area contributed by atoms with E-state index < -0.39 is 42.9 Å². The van der Waals surface area contributed by atoms with Crippen LogP contribution < -0.4 is 10.0 Å². The second-order valence-corrected chi connectivity index (χ2v) is 12.3. The van der Waals surface area contributed by atoms with Crippen molar-refractivity contribution in [3.8, 4) is 0 Å². The largest absolute Gasteiger partial charge is 0.505 e. The maximum absolute atomic E-state index is 13.9. The van der Waals surface area contributed by atoms with Gasteiger partial charge in [0.05, 0.1) is 17.6 Å². The molecular weight excluding hydrogens is 523 g/mol. The van der Waals surface area contributed by atoms with Gasteiger partial charge in [-0.25, -0.2) is 12.8 Å². The number of nitrogens with zero attached hydrogens (tertiary/aromatic N) is 2. The Bertz CT molecular complexity index is 1740. The third-order valence-corrected chi connectivity index (χ3v) is 8.12. The summed E-state index contributed by atoms with van der Waals surface area (Å²) in [6.07, 6.45) is 2.68. The molecule has 0 saturated heterocycles. The van der Waals surface area contributed by atoms with E-state index in [-0.39, 0.29) is 39.8 Å². The van der Waals surface area contributed by atoms with E-state index in [1.165, 1.54) is 24.3 Å². The van der Waals surface area contributed by atoms with Crippen LogP contribution in [0.25, 0.3) is 5.76 Å². The number of ketones is 1. The molecule has 10 nitrogen and oxygen atoms in total. The highest BCUT2D eigenvalue weighted by Gasteiger charge is 2.46. The van der Waals surface area contributed by atoms with E-state index >= 15 is 0 Å². The molecule has 0 saturated carbocycles. The second kappa shape index (κ2) is 8.28. The van der Waals surface area contributed by atoms with Crippen molar-refractivity contribution in [3.63, 3.8) is 0 Å². The van der Waals surface area contributed by atoms with E-state index in [1.807, 2.05) is 0 Å². The van der Waals surface area contributed by atoms with Crippen molar-refractivity contribution >= 4 is 48.8 Å². The van der Waals surface area contributed by atoms with Crippen LogP contribution in [0.5, 0.6) is 0 Å². The summed E-state index contributed by atoms with van der Waals surface area (Å²) >= 11 is 0. The van der Waals surface area contributed by atoms with Gasteiger partial charge in [-0.15, -0.1) is 4.40 Å². The van der Waals surface area contributed by atoms with Gasteiger partial charge in [-0.2, -0.15) is 8.42 Å². The summed E-state index contributed by atoms with van der Waals surface area (Å²) in [5.74, 6) is -1.84. The molecule has 13 heteroatoms. The van der Waals surface area contributed by atoms with Crippen LogP contribution in [0.2, 0.25) is 0 Å². The Balaban J connectivity index is 1.60. The van der Waals surface area contributed by atoms with Crippen LogP contribution >= 0.6 is 0 Å². The van der Waals surface area contributed by atoms with Gasteiger partial charge >= 0.3 is 0 Å². The summed E-state index contributed by atoms with van der Waals surface area (Å²) in [6, 6.07) is 12.7. The quantitative estimate of drug-likeness (QED) is 0.447. The molecule has 2 aliphatic rings. The smallest absolute Gasteiger partial charge is 0.286 e. The SMILES string of the molecule is C[C@]1(Cc2ccc(F)cc2)C(=O)C(C2=NS(=O)(=O)c3cc(NS(C)(=O)=O)ccc3N2)=C(O)c2cccn21. The number of rotatable bonds is 5. The number of halogens is 1. The third-order valence-electron chi connectivity index (χ3n) is 6.20. The van der Waals surface area contributed by atoms with Crippen LogP contribution in [0.1, 0.15) is 18.2 Å². The zero-order valence-electron chi connectivity index (χ0n) is 19.6. The maximum Gasteiger partial charge on any atom is 0.286 e. The molecule has 3 N–H and O–H groups in total. The molecule has 3 aromatic rings. The monoisotopic (exact) mass is 544 g/mol. The first-order valence-electron chi connectivity index (χ1n) is 10.9. The Kier molecular flexibility index (Phi) is 5.53. The van der Waals surface area contributed by atoms with Gasteiger partial charge in [-0.05, 0) is 55.0 Å². The van der Waals surface area contributed by atoms with Gasteiger partial charge in [0.15, 0.2) is 17.4 Å². The van der Waals surface area contributed by atoms with Crippen molar-refractivity contribution in [2.75, 3.05) is 16.3 Å². The number of amidine groups is 1. The highest BCUT2D eigenvalue weighted by atomic mass is 32.2. The van der Waals surface area contributed by atoms with Crippen LogP contribution in [-0.4, -0.2) is 44.4 Å². The normalized spacial score (nSPS) is 20.5. The Hall–Kier alpha value is -3.97. The molecule has 0 unspecified atom stereocenters. The number of sulfonamides is 2. The molecule has 2 aromatic carbocycles. The van der Waals surface area contributed by atoms with E-state index in [0.29, 0.717) is 5.56 Å². The Labute approximate surface area is 212 Å². The van der Waals surface area contributed by atoms with Gasteiger partial charge in [0.1, 0.15) is 21.8 Å². The Morgan fingerprint density at radius 3 is 2.54 bits per heavy atom. The van der Waals surface area contributed by atoms with Crippen LogP contribution in [0.15, 0.2) is 75.7 Å². The van der Waals surface area contributed by atoms with E-state index in [0.717, 1.165) is 12.3 Å².